The number of carbonyl (C=O) groups is 1. The molecule has 1 rings (SSSR count). The molecule has 0 aliphatic rings. The van der Waals surface area contributed by atoms with E-state index in [0.717, 1.165) is 0 Å². The number of aliphatic carboxylic acids is 1. The van der Waals surface area contributed by atoms with E-state index < -0.39 is 16.0 Å². The smallest absolute Gasteiger partial charge is 0.304 e. The topological polar surface area (TPSA) is 83.5 Å². The Kier molecular flexibility index (Phi) is 4.50. The van der Waals surface area contributed by atoms with Crippen molar-refractivity contribution >= 4 is 27.6 Å². The van der Waals surface area contributed by atoms with E-state index in [-0.39, 0.29) is 17.9 Å². The second kappa shape index (κ2) is 5.48. The zero-order chi connectivity index (χ0) is 13.1. The first-order valence-corrected chi connectivity index (χ1v) is 6.67. The summed E-state index contributed by atoms with van der Waals surface area (Å²) in [6.45, 7) is 1.44. The maximum atomic E-state index is 11.8. The largest absolute Gasteiger partial charge is 0.481 e. The molecule has 0 fully saturated rings. The van der Waals surface area contributed by atoms with Crippen LogP contribution in [0, 0.1) is 6.92 Å². The zero-order valence-electron chi connectivity index (χ0n) is 9.10. The molecule has 0 saturated heterocycles. The first kappa shape index (κ1) is 14.0. The van der Waals surface area contributed by atoms with Gasteiger partial charge in [-0.2, -0.15) is 0 Å². The average Bonchev–Trinajstić information content (AvgIpc) is 2.21. The Morgan fingerprint density at radius 3 is 2.71 bits per heavy atom. The van der Waals surface area contributed by atoms with Crippen LogP contribution < -0.4 is 4.72 Å². The van der Waals surface area contributed by atoms with Crippen LogP contribution in [0.25, 0.3) is 0 Å². The number of carboxylic acid groups (broad SMARTS) is 1. The molecule has 0 aliphatic heterocycles. The van der Waals surface area contributed by atoms with Crippen molar-refractivity contribution in [3.63, 3.8) is 0 Å². The van der Waals surface area contributed by atoms with Gasteiger partial charge in [-0.15, -0.1) is 0 Å². The lowest BCUT2D eigenvalue weighted by molar-refractivity contribution is -0.136. The highest BCUT2D eigenvalue weighted by atomic mass is 35.5. The fraction of sp³-hybridized carbons (Fsp3) is 0.300. The second-order valence-electron chi connectivity index (χ2n) is 3.40. The van der Waals surface area contributed by atoms with E-state index in [2.05, 4.69) is 4.72 Å². The van der Waals surface area contributed by atoms with Crippen LogP contribution in [0.1, 0.15) is 12.0 Å². The van der Waals surface area contributed by atoms with Crippen LogP contribution >= 0.6 is 11.6 Å². The number of nitrogens with one attached hydrogen (secondary N) is 1. The van der Waals surface area contributed by atoms with Crippen molar-refractivity contribution in [3.05, 3.63) is 28.8 Å². The molecule has 0 unspecified atom stereocenters. The number of rotatable bonds is 5. The summed E-state index contributed by atoms with van der Waals surface area (Å²) in [5.74, 6) is -1.06. The molecule has 94 valence electrons. The molecule has 2 N–H and O–H groups in total. The van der Waals surface area contributed by atoms with Crippen LogP contribution in [-0.2, 0) is 14.8 Å². The van der Waals surface area contributed by atoms with Crippen molar-refractivity contribution in [2.24, 2.45) is 0 Å². The van der Waals surface area contributed by atoms with Gasteiger partial charge in [-0.05, 0) is 24.6 Å². The summed E-state index contributed by atoms with van der Waals surface area (Å²) < 4.78 is 25.9. The predicted octanol–water partition coefficient (Wildman–Crippen LogP) is 1.40. The van der Waals surface area contributed by atoms with Gasteiger partial charge in [0.1, 0.15) is 0 Å². The Morgan fingerprint density at radius 1 is 1.47 bits per heavy atom. The molecule has 0 aliphatic carbocycles. The Labute approximate surface area is 104 Å². The van der Waals surface area contributed by atoms with Crippen LogP contribution in [0.15, 0.2) is 23.1 Å². The maximum Gasteiger partial charge on any atom is 0.304 e. The lowest BCUT2D eigenvalue weighted by Crippen LogP contribution is -2.26. The first-order valence-electron chi connectivity index (χ1n) is 4.81. The van der Waals surface area contributed by atoms with Gasteiger partial charge in [-0.1, -0.05) is 17.7 Å². The monoisotopic (exact) mass is 277 g/mol. The van der Waals surface area contributed by atoms with Gasteiger partial charge in [-0.25, -0.2) is 13.1 Å². The Balaban J connectivity index is 2.90. The van der Waals surface area contributed by atoms with Gasteiger partial charge in [0.25, 0.3) is 0 Å². The van der Waals surface area contributed by atoms with Crippen molar-refractivity contribution in [2.45, 2.75) is 18.2 Å². The predicted molar refractivity (Wildman–Crippen MR) is 63.6 cm³/mol. The minimum absolute atomic E-state index is 0.0652. The third-order valence-electron chi connectivity index (χ3n) is 2.14. The number of hydrogen-bond donors (Lipinski definition) is 2. The summed E-state index contributed by atoms with van der Waals surface area (Å²) in [7, 11) is -3.71. The van der Waals surface area contributed by atoms with Crippen molar-refractivity contribution in [1.82, 2.24) is 4.72 Å². The molecule has 0 bridgehead atoms. The Bertz CT molecular complexity index is 527. The molecule has 17 heavy (non-hydrogen) atoms. The SMILES string of the molecule is Cc1c(Cl)cccc1S(=O)(=O)NCCC(=O)O. The van der Waals surface area contributed by atoms with Gasteiger partial charge in [0.15, 0.2) is 0 Å². The van der Waals surface area contributed by atoms with Gasteiger partial charge in [-0.3, -0.25) is 4.79 Å². The van der Waals surface area contributed by atoms with Crippen molar-refractivity contribution < 1.29 is 18.3 Å². The summed E-state index contributed by atoms with van der Waals surface area (Å²) in [5, 5.41) is 8.78. The Morgan fingerprint density at radius 2 is 2.12 bits per heavy atom. The molecule has 0 atom stereocenters. The van der Waals surface area contributed by atoms with E-state index >= 15 is 0 Å². The van der Waals surface area contributed by atoms with Gasteiger partial charge < -0.3 is 5.11 Å². The van der Waals surface area contributed by atoms with E-state index in [1.54, 1.807) is 13.0 Å². The minimum Gasteiger partial charge on any atom is -0.481 e. The maximum absolute atomic E-state index is 11.8. The van der Waals surface area contributed by atoms with Crippen LogP contribution in [0.3, 0.4) is 0 Å². The first-order chi connectivity index (χ1) is 7.84. The van der Waals surface area contributed by atoms with E-state index in [0.29, 0.717) is 10.6 Å². The quantitative estimate of drug-likeness (QED) is 0.852. The summed E-state index contributed by atoms with van der Waals surface area (Å²) in [5.41, 5.74) is 0.442. The molecule has 0 heterocycles. The van der Waals surface area contributed by atoms with Crippen molar-refractivity contribution in [2.75, 3.05) is 6.54 Å². The fourth-order valence-electron chi connectivity index (χ4n) is 1.25. The van der Waals surface area contributed by atoms with Gasteiger partial charge in [0.2, 0.25) is 10.0 Å². The van der Waals surface area contributed by atoms with E-state index in [4.69, 9.17) is 16.7 Å². The van der Waals surface area contributed by atoms with Crippen LogP contribution in [0.5, 0.6) is 0 Å². The summed E-state index contributed by atoms with van der Waals surface area (Å²) in [6.07, 6.45) is -0.265. The molecule has 1 aromatic carbocycles. The number of carboxylic acids is 1. The molecule has 5 nitrogen and oxygen atoms in total. The Hall–Kier alpha value is -1.11. The third-order valence-corrected chi connectivity index (χ3v) is 4.15. The van der Waals surface area contributed by atoms with Crippen LogP contribution in [0.2, 0.25) is 5.02 Å². The summed E-state index contributed by atoms with van der Waals surface area (Å²) in [6, 6.07) is 4.54. The van der Waals surface area contributed by atoms with Crippen molar-refractivity contribution in [1.29, 1.82) is 0 Å². The van der Waals surface area contributed by atoms with Gasteiger partial charge in [0, 0.05) is 11.6 Å². The third kappa shape index (κ3) is 3.69. The average molecular weight is 278 g/mol. The van der Waals surface area contributed by atoms with E-state index in [1.807, 2.05) is 0 Å². The highest BCUT2D eigenvalue weighted by Gasteiger charge is 2.17. The fourth-order valence-corrected chi connectivity index (χ4v) is 2.78. The lowest BCUT2D eigenvalue weighted by atomic mass is 10.2. The van der Waals surface area contributed by atoms with E-state index in [9.17, 15) is 13.2 Å². The second-order valence-corrected chi connectivity index (χ2v) is 5.55. The molecule has 1 aromatic rings. The number of hydrogen-bond acceptors (Lipinski definition) is 3. The summed E-state index contributed by atoms with van der Waals surface area (Å²) in [4.78, 5) is 10.4. The standard InChI is InChI=1S/C10H12ClNO4S/c1-7-8(11)3-2-4-9(7)17(15,16)12-6-5-10(13)14/h2-4,12H,5-6H2,1H3,(H,13,14). The molecule has 0 radical (unpaired) electrons. The number of benzene rings is 1. The molecule has 0 aromatic heterocycles. The van der Waals surface area contributed by atoms with Crippen LogP contribution in [-0.4, -0.2) is 26.0 Å². The molecule has 0 saturated carbocycles. The highest BCUT2D eigenvalue weighted by Crippen LogP contribution is 2.22. The normalized spacial score (nSPS) is 11.4. The minimum atomic E-state index is -3.71. The zero-order valence-corrected chi connectivity index (χ0v) is 10.7. The molecule has 0 amide bonds. The molecule has 7 heteroatoms. The molecular weight excluding hydrogens is 266 g/mol. The molecular formula is C10H12ClNO4S. The number of halogens is 1. The highest BCUT2D eigenvalue weighted by molar-refractivity contribution is 7.89. The van der Waals surface area contributed by atoms with Crippen LogP contribution in [0.4, 0.5) is 0 Å². The van der Waals surface area contributed by atoms with Gasteiger partial charge in [0.05, 0.1) is 11.3 Å². The lowest BCUT2D eigenvalue weighted by Gasteiger charge is -2.09. The molecule has 0 spiro atoms. The number of sulfonamides is 1. The van der Waals surface area contributed by atoms with Gasteiger partial charge >= 0.3 is 5.97 Å². The van der Waals surface area contributed by atoms with Crippen molar-refractivity contribution in [3.8, 4) is 0 Å². The summed E-state index contributed by atoms with van der Waals surface area (Å²) >= 11 is 5.82. The van der Waals surface area contributed by atoms with E-state index in [1.165, 1.54) is 12.1 Å².